The molecule has 0 spiro atoms. The predicted molar refractivity (Wildman–Crippen MR) is 160 cm³/mol. The van der Waals surface area contributed by atoms with Crippen LogP contribution in [0.1, 0.15) is 39.9 Å². The van der Waals surface area contributed by atoms with Crippen LogP contribution in [0.2, 0.25) is 5.02 Å². The summed E-state index contributed by atoms with van der Waals surface area (Å²) < 4.78 is 11.6. The maximum atomic E-state index is 13.5. The number of carboxylic acid groups (broad SMARTS) is 1. The summed E-state index contributed by atoms with van der Waals surface area (Å²) in [7, 11) is 0. The summed E-state index contributed by atoms with van der Waals surface area (Å²) in [5.41, 5.74) is 4.92. The molecule has 9 heteroatoms. The molecule has 0 saturated carbocycles. The van der Waals surface area contributed by atoms with Crippen molar-refractivity contribution in [2.75, 3.05) is 11.9 Å². The predicted octanol–water partition coefficient (Wildman–Crippen LogP) is 6.49. The lowest BCUT2D eigenvalue weighted by Gasteiger charge is -2.25. The zero-order chi connectivity index (χ0) is 29.6. The third-order valence-corrected chi connectivity index (χ3v) is 7.52. The number of carbonyl (C=O) groups excluding carboxylic acids is 2. The molecule has 3 N–H and O–H groups in total. The van der Waals surface area contributed by atoms with Gasteiger partial charge in [0.1, 0.15) is 18.2 Å². The second kappa shape index (κ2) is 12.9. The summed E-state index contributed by atoms with van der Waals surface area (Å²) >= 11 is 6.08. The van der Waals surface area contributed by atoms with Crippen LogP contribution in [-0.4, -0.2) is 41.8 Å². The summed E-state index contributed by atoms with van der Waals surface area (Å²) in [6, 6.07) is 28.5. The fourth-order valence-electron chi connectivity index (χ4n) is 5.12. The van der Waals surface area contributed by atoms with Gasteiger partial charge in [-0.2, -0.15) is 0 Å². The maximum Gasteiger partial charge on any atom is 0.407 e. The van der Waals surface area contributed by atoms with Crippen molar-refractivity contribution in [1.29, 1.82) is 0 Å². The van der Waals surface area contributed by atoms with Crippen LogP contribution in [0.15, 0.2) is 97.1 Å². The number of alkyl carbamates (subject to hydrolysis) is 1. The fraction of sp³-hybridized carbons (Fsp3) is 0.182. The minimum atomic E-state index is -1.30. The number of rotatable bonds is 10. The molecular weight excluding hydrogens is 556 g/mol. The van der Waals surface area contributed by atoms with Crippen molar-refractivity contribution < 1.29 is 29.0 Å². The molecule has 8 nitrogen and oxygen atoms in total. The van der Waals surface area contributed by atoms with Gasteiger partial charge >= 0.3 is 12.1 Å². The molecule has 4 aromatic carbocycles. The van der Waals surface area contributed by atoms with Crippen molar-refractivity contribution in [3.8, 4) is 11.1 Å². The first-order chi connectivity index (χ1) is 20.3. The number of aromatic carboxylic acids is 1. The van der Waals surface area contributed by atoms with Gasteiger partial charge in [-0.1, -0.05) is 96.5 Å². The maximum absolute atomic E-state index is 13.5. The van der Waals surface area contributed by atoms with Crippen molar-refractivity contribution in [3.63, 3.8) is 0 Å². The minimum absolute atomic E-state index is 0.00500. The number of benzene rings is 4. The number of ether oxygens (including phenoxy) is 2. The minimum Gasteiger partial charge on any atom is -0.478 e. The van der Waals surface area contributed by atoms with Gasteiger partial charge in [0.25, 0.3) is 0 Å². The zero-order valence-electron chi connectivity index (χ0n) is 22.8. The molecule has 42 heavy (non-hydrogen) atoms. The molecule has 0 aliphatic heterocycles. The Kier molecular flexibility index (Phi) is 8.85. The molecule has 0 saturated heterocycles. The number of carbonyl (C=O) groups is 3. The molecular formula is C33H29ClN2O6. The van der Waals surface area contributed by atoms with E-state index in [0.717, 1.165) is 27.8 Å². The van der Waals surface area contributed by atoms with E-state index in [2.05, 4.69) is 10.6 Å². The quantitative estimate of drug-likeness (QED) is 0.196. The molecule has 2 unspecified atom stereocenters. The number of halogens is 1. The number of hydrogen-bond donors (Lipinski definition) is 3. The Hall–Kier alpha value is -4.66. The van der Waals surface area contributed by atoms with Crippen LogP contribution in [0.25, 0.3) is 11.1 Å². The molecule has 0 bridgehead atoms. The highest BCUT2D eigenvalue weighted by molar-refractivity contribution is 6.34. The second-order valence-electron chi connectivity index (χ2n) is 9.91. The number of fused-ring (bicyclic) bond motifs is 3. The molecule has 0 aromatic heterocycles. The molecule has 1 aliphatic rings. The van der Waals surface area contributed by atoms with E-state index in [-0.39, 0.29) is 35.4 Å². The summed E-state index contributed by atoms with van der Waals surface area (Å²) in [4.78, 5) is 38.4. The first kappa shape index (κ1) is 28.9. The van der Waals surface area contributed by atoms with Gasteiger partial charge in [0.05, 0.1) is 23.4 Å². The topological polar surface area (TPSA) is 114 Å². The zero-order valence-corrected chi connectivity index (χ0v) is 23.5. The van der Waals surface area contributed by atoms with Crippen molar-refractivity contribution in [1.82, 2.24) is 5.32 Å². The molecule has 214 valence electrons. The van der Waals surface area contributed by atoms with Crippen LogP contribution in [0.5, 0.6) is 0 Å². The van der Waals surface area contributed by atoms with Crippen molar-refractivity contribution in [2.45, 2.75) is 31.6 Å². The molecule has 0 radical (unpaired) electrons. The van der Waals surface area contributed by atoms with E-state index in [9.17, 15) is 19.5 Å². The van der Waals surface area contributed by atoms with Crippen LogP contribution in [-0.2, 0) is 20.9 Å². The SMILES string of the molecule is CC(OCc1ccccc1)C(NC(=O)OCC1c2ccccc2-c2ccccc21)C(=O)Nc1cccc(Cl)c1C(=O)O. The number of amides is 2. The third kappa shape index (κ3) is 6.30. The van der Waals surface area contributed by atoms with Crippen molar-refractivity contribution in [2.24, 2.45) is 0 Å². The van der Waals surface area contributed by atoms with E-state index < -0.39 is 30.1 Å². The van der Waals surface area contributed by atoms with Gasteiger partial charge in [0, 0.05) is 5.92 Å². The van der Waals surface area contributed by atoms with Crippen LogP contribution >= 0.6 is 11.6 Å². The van der Waals surface area contributed by atoms with Crippen LogP contribution in [0, 0.1) is 0 Å². The molecule has 0 fully saturated rings. The molecule has 4 aromatic rings. The van der Waals surface area contributed by atoms with Crippen molar-refractivity contribution >= 4 is 35.3 Å². The van der Waals surface area contributed by atoms with Gasteiger partial charge in [-0.15, -0.1) is 0 Å². The summed E-state index contributed by atoms with van der Waals surface area (Å²) in [5, 5.41) is 14.8. The normalized spacial score (nSPS) is 13.4. The van der Waals surface area contributed by atoms with Crippen LogP contribution in [0.3, 0.4) is 0 Å². The molecule has 0 heterocycles. The largest absolute Gasteiger partial charge is 0.478 e. The Bertz CT molecular complexity index is 1560. The van der Waals surface area contributed by atoms with E-state index in [1.54, 1.807) is 6.92 Å². The van der Waals surface area contributed by atoms with Crippen molar-refractivity contribution in [3.05, 3.63) is 124 Å². The van der Waals surface area contributed by atoms with E-state index >= 15 is 0 Å². The monoisotopic (exact) mass is 584 g/mol. The second-order valence-corrected chi connectivity index (χ2v) is 10.3. The Labute approximate surface area is 248 Å². The summed E-state index contributed by atoms with van der Waals surface area (Å²) in [6.07, 6.45) is -1.62. The van der Waals surface area contributed by atoms with Crippen LogP contribution < -0.4 is 10.6 Å². The number of hydrogen-bond acceptors (Lipinski definition) is 5. The standard InChI is InChI=1S/C33H29ClN2O6/c1-20(41-18-21-10-3-2-4-11-21)30(31(37)35-28-17-9-16-27(34)29(28)32(38)39)36-33(40)42-19-26-24-14-7-5-12-22(24)23-13-6-8-15-25(23)26/h2-17,20,26,30H,18-19H2,1H3,(H,35,37)(H,36,40)(H,38,39). The van der Waals surface area contributed by atoms with Gasteiger partial charge in [0.15, 0.2) is 0 Å². The van der Waals surface area contributed by atoms with Crippen LogP contribution in [0.4, 0.5) is 10.5 Å². The average molecular weight is 585 g/mol. The lowest BCUT2D eigenvalue weighted by atomic mass is 9.98. The number of anilines is 1. The average Bonchev–Trinajstić information content (AvgIpc) is 3.31. The van der Waals surface area contributed by atoms with E-state index in [1.807, 2.05) is 78.9 Å². The molecule has 1 aliphatic carbocycles. The Balaban J connectivity index is 1.32. The van der Waals surface area contributed by atoms with E-state index in [0.29, 0.717) is 0 Å². The fourth-order valence-corrected chi connectivity index (χ4v) is 5.37. The van der Waals surface area contributed by atoms with E-state index in [4.69, 9.17) is 21.1 Å². The highest BCUT2D eigenvalue weighted by Crippen LogP contribution is 2.44. The van der Waals surface area contributed by atoms with Gasteiger partial charge in [-0.05, 0) is 46.9 Å². The lowest BCUT2D eigenvalue weighted by molar-refractivity contribution is -0.121. The Morgan fingerprint density at radius 3 is 2.12 bits per heavy atom. The number of carboxylic acids is 1. The summed E-state index contributed by atoms with van der Waals surface area (Å²) in [5.74, 6) is -2.15. The highest BCUT2D eigenvalue weighted by atomic mass is 35.5. The smallest absolute Gasteiger partial charge is 0.407 e. The molecule has 5 rings (SSSR count). The third-order valence-electron chi connectivity index (χ3n) is 7.21. The van der Waals surface area contributed by atoms with Gasteiger partial charge in [0.2, 0.25) is 5.91 Å². The first-order valence-corrected chi connectivity index (χ1v) is 13.8. The van der Waals surface area contributed by atoms with E-state index in [1.165, 1.54) is 18.2 Å². The highest BCUT2D eigenvalue weighted by Gasteiger charge is 2.32. The molecule has 2 atom stereocenters. The Morgan fingerprint density at radius 2 is 1.48 bits per heavy atom. The number of nitrogens with one attached hydrogen (secondary N) is 2. The van der Waals surface area contributed by atoms with Gasteiger partial charge in [-0.25, -0.2) is 9.59 Å². The summed E-state index contributed by atoms with van der Waals surface area (Å²) in [6.45, 7) is 1.90. The lowest BCUT2D eigenvalue weighted by Crippen LogP contribution is -2.51. The molecule has 2 amide bonds. The first-order valence-electron chi connectivity index (χ1n) is 13.4. The van der Waals surface area contributed by atoms with Gasteiger partial charge in [-0.3, -0.25) is 4.79 Å². The Morgan fingerprint density at radius 1 is 0.857 bits per heavy atom. The van der Waals surface area contributed by atoms with Gasteiger partial charge < -0.3 is 25.2 Å².